The van der Waals surface area contributed by atoms with Crippen LogP contribution in [0.4, 0.5) is 5.82 Å². The molecule has 30 heavy (non-hydrogen) atoms. The van der Waals surface area contributed by atoms with Gasteiger partial charge in [-0.25, -0.2) is 4.98 Å². The van der Waals surface area contributed by atoms with Gasteiger partial charge in [-0.3, -0.25) is 14.8 Å². The molecule has 0 unspecified atom stereocenters. The van der Waals surface area contributed by atoms with Gasteiger partial charge in [-0.2, -0.15) is 15.5 Å². The summed E-state index contributed by atoms with van der Waals surface area (Å²) in [5, 5.41) is 21.8. The van der Waals surface area contributed by atoms with E-state index in [1.165, 1.54) is 0 Å². The zero-order chi connectivity index (χ0) is 20.7. The number of aromatic amines is 1. The van der Waals surface area contributed by atoms with Gasteiger partial charge in [0.05, 0.1) is 40.9 Å². The van der Waals surface area contributed by atoms with Gasteiger partial charge >= 0.3 is 0 Å². The van der Waals surface area contributed by atoms with E-state index in [0.29, 0.717) is 29.2 Å². The maximum atomic E-state index is 9.35. The van der Waals surface area contributed by atoms with Crippen molar-refractivity contribution >= 4 is 16.7 Å². The first-order valence-corrected chi connectivity index (χ1v) is 9.65. The molecule has 150 valence electrons. The molecule has 3 N–H and O–H groups in total. The van der Waals surface area contributed by atoms with Crippen LogP contribution in [0, 0.1) is 11.3 Å². The molecule has 0 amide bonds. The summed E-state index contributed by atoms with van der Waals surface area (Å²) in [6, 6.07) is 9.97. The van der Waals surface area contributed by atoms with Gasteiger partial charge in [0.15, 0.2) is 5.82 Å². The largest absolute Gasteiger partial charge is 0.382 e. The fourth-order valence-electron chi connectivity index (χ4n) is 4.14. The number of fused-ring (bicyclic) bond motifs is 1. The van der Waals surface area contributed by atoms with Crippen molar-refractivity contribution in [1.82, 2.24) is 29.9 Å². The van der Waals surface area contributed by atoms with Crippen LogP contribution in [-0.2, 0) is 10.3 Å². The van der Waals surface area contributed by atoms with Crippen LogP contribution in [0.2, 0.25) is 0 Å². The van der Waals surface area contributed by atoms with Crippen LogP contribution in [0.5, 0.6) is 0 Å². The molecule has 0 atom stereocenters. The molecule has 0 aromatic carbocycles. The molecular weight excluding hydrogens is 380 g/mol. The molecule has 1 aliphatic rings. The van der Waals surface area contributed by atoms with Crippen LogP contribution in [0.1, 0.15) is 19.3 Å². The molecule has 1 fully saturated rings. The molecule has 0 spiro atoms. The van der Waals surface area contributed by atoms with Crippen LogP contribution in [0.3, 0.4) is 0 Å². The SMILES string of the molecule is CO[C@H]1C[C@](CC#N)(n2ccc(-c3nc(-c4c[nH]nc4N)cc4ncccc34)n2)C1. The number of hydrogen-bond acceptors (Lipinski definition) is 7. The van der Waals surface area contributed by atoms with Crippen LogP contribution in [0.15, 0.2) is 42.9 Å². The molecule has 9 heteroatoms. The molecule has 0 aliphatic heterocycles. The minimum absolute atomic E-state index is 0.154. The summed E-state index contributed by atoms with van der Waals surface area (Å²) < 4.78 is 7.33. The lowest BCUT2D eigenvalue weighted by Crippen LogP contribution is -2.50. The highest BCUT2D eigenvalue weighted by Gasteiger charge is 2.47. The Morgan fingerprint density at radius 3 is 2.97 bits per heavy atom. The molecular formula is C21H20N8O. The van der Waals surface area contributed by atoms with Crippen LogP contribution < -0.4 is 5.73 Å². The van der Waals surface area contributed by atoms with Crippen molar-refractivity contribution in [2.24, 2.45) is 0 Å². The molecule has 4 aromatic rings. The molecule has 1 saturated carbocycles. The zero-order valence-corrected chi connectivity index (χ0v) is 16.4. The van der Waals surface area contributed by atoms with Gasteiger partial charge in [0.2, 0.25) is 0 Å². The number of methoxy groups -OCH3 is 1. The summed E-state index contributed by atoms with van der Waals surface area (Å²) in [6.45, 7) is 0. The van der Waals surface area contributed by atoms with Crippen LogP contribution in [0.25, 0.3) is 33.5 Å². The number of ether oxygens (including phenoxy) is 1. The fraction of sp³-hybridized carbons (Fsp3) is 0.286. The van der Waals surface area contributed by atoms with Gasteiger partial charge in [-0.15, -0.1) is 0 Å². The van der Waals surface area contributed by atoms with Gasteiger partial charge in [0.1, 0.15) is 11.4 Å². The highest BCUT2D eigenvalue weighted by atomic mass is 16.5. The quantitative estimate of drug-likeness (QED) is 0.526. The normalized spacial score (nSPS) is 20.7. The lowest BCUT2D eigenvalue weighted by molar-refractivity contribution is -0.0541. The Labute approximate surface area is 172 Å². The molecule has 9 nitrogen and oxygen atoms in total. The number of anilines is 1. The Kier molecular flexibility index (Phi) is 4.22. The maximum absolute atomic E-state index is 9.35. The van der Waals surface area contributed by atoms with Gasteiger partial charge in [-0.1, -0.05) is 0 Å². The lowest BCUT2D eigenvalue weighted by atomic mass is 9.72. The summed E-state index contributed by atoms with van der Waals surface area (Å²) in [6.07, 6.45) is 7.45. The number of aromatic nitrogens is 6. The lowest BCUT2D eigenvalue weighted by Gasteiger charge is -2.45. The van der Waals surface area contributed by atoms with Gasteiger partial charge < -0.3 is 10.5 Å². The molecule has 0 bridgehead atoms. The topological polar surface area (TPSA) is 131 Å². The average molecular weight is 400 g/mol. The third-order valence-electron chi connectivity index (χ3n) is 5.82. The van der Waals surface area contributed by atoms with E-state index in [-0.39, 0.29) is 11.6 Å². The van der Waals surface area contributed by atoms with E-state index in [4.69, 9.17) is 20.6 Å². The van der Waals surface area contributed by atoms with Crippen molar-refractivity contribution in [2.45, 2.75) is 30.9 Å². The van der Waals surface area contributed by atoms with Crippen molar-refractivity contribution in [2.75, 3.05) is 12.8 Å². The number of hydrogen-bond donors (Lipinski definition) is 2. The molecule has 1 aliphatic carbocycles. The first-order chi connectivity index (χ1) is 14.6. The Bertz CT molecular complexity index is 1260. The maximum Gasteiger partial charge on any atom is 0.154 e. The second-order valence-corrected chi connectivity index (χ2v) is 7.58. The Balaban J connectivity index is 1.62. The third kappa shape index (κ3) is 2.81. The van der Waals surface area contributed by atoms with E-state index in [0.717, 1.165) is 29.4 Å². The number of nitrogen functional groups attached to an aromatic ring is 1. The predicted molar refractivity (Wildman–Crippen MR) is 111 cm³/mol. The van der Waals surface area contributed by atoms with E-state index in [1.807, 2.05) is 35.1 Å². The van der Waals surface area contributed by atoms with Crippen LogP contribution >= 0.6 is 0 Å². The Hall–Kier alpha value is -3.77. The van der Waals surface area contributed by atoms with Gasteiger partial charge in [0, 0.05) is 31.1 Å². The van der Waals surface area contributed by atoms with E-state index in [9.17, 15) is 5.26 Å². The summed E-state index contributed by atoms with van der Waals surface area (Å²) in [5.41, 5.74) is 9.26. The summed E-state index contributed by atoms with van der Waals surface area (Å²) in [7, 11) is 1.70. The Morgan fingerprint density at radius 1 is 1.37 bits per heavy atom. The number of pyridine rings is 2. The summed E-state index contributed by atoms with van der Waals surface area (Å²) in [4.78, 5) is 9.34. The van der Waals surface area contributed by atoms with E-state index in [2.05, 4.69) is 21.3 Å². The standard InChI is InChI=1S/C21H20N8O/c1-30-13-10-21(11-13,5-6-22)29-8-4-16(28-29)19-14-3-2-7-24-17(14)9-18(26-19)15-12-25-27-20(15)23/h2-4,7-9,12-13H,5,10-11H2,1H3,(H3,23,25,27)/t13-,21-. The monoisotopic (exact) mass is 400 g/mol. The second kappa shape index (κ2) is 6.93. The highest BCUT2D eigenvalue weighted by molar-refractivity contribution is 5.94. The summed E-state index contributed by atoms with van der Waals surface area (Å²) >= 11 is 0. The van der Waals surface area contributed by atoms with Crippen molar-refractivity contribution in [3.63, 3.8) is 0 Å². The van der Waals surface area contributed by atoms with Crippen molar-refractivity contribution in [3.8, 4) is 28.7 Å². The van der Waals surface area contributed by atoms with Gasteiger partial charge in [0.25, 0.3) is 0 Å². The molecule has 5 rings (SSSR count). The molecule has 0 radical (unpaired) electrons. The smallest absolute Gasteiger partial charge is 0.154 e. The second-order valence-electron chi connectivity index (χ2n) is 7.58. The minimum atomic E-state index is -0.339. The van der Waals surface area contributed by atoms with Crippen molar-refractivity contribution < 1.29 is 4.74 Å². The molecule has 4 heterocycles. The first-order valence-electron chi connectivity index (χ1n) is 9.65. The number of rotatable bonds is 5. The molecule has 4 aromatic heterocycles. The van der Waals surface area contributed by atoms with Gasteiger partial charge in [-0.05, 0) is 37.1 Å². The predicted octanol–water partition coefficient (Wildman–Crippen LogP) is 2.88. The minimum Gasteiger partial charge on any atom is -0.382 e. The molecule has 0 saturated heterocycles. The summed E-state index contributed by atoms with van der Waals surface area (Å²) in [5.74, 6) is 0.377. The van der Waals surface area contributed by atoms with Crippen LogP contribution in [-0.4, -0.2) is 43.2 Å². The van der Waals surface area contributed by atoms with E-state index in [1.54, 1.807) is 19.5 Å². The number of nitrogens with zero attached hydrogens (tertiary/aromatic N) is 6. The number of nitrogens with one attached hydrogen (secondary N) is 1. The highest BCUT2D eigenvalue weighted by Crippen LogP contribution is 2.43. The first kappa shape index (κ1) is 18.3. The zero-order valence-electron chi connectivity index (χ0n) is 16.4. The number of nitriles is 1. The number of H-pyrrole nitrogens is 1. The van der Waals surface area contributed by atoms with Crippen molar-refractivity contribution in [3.05, 3.63) is 42.9 Å². The third-order valence-corrected chi connectivity index (χ3v) is 5.82. The van der Waals surface area contributed by atoms with Crippen molar-refractivity contribution in [1.29, 1.82) is 5.26 Å². The number of nitrogens with two attached hydrogens (primary N) is 1. The van der Waals surface area contributed by atoms with E-state index < -0.39 is 0 Å². The Morgan fingerprint density at radius 2 is 2.23 bits per heavy atom. The van der Waals surface area contributed by atoms with E-state index >= 15 is 0 Å². The fourth-order valence-corrected chi connectivity index (χ4v) is 4.14. The average Bonchev–Trinajstić information content (AvgIpc) is 3.39.